The number of esters is 1. The van der Waals surface area contributed by atoms with Gasteiger partial charge < -0.3 is 14.1 Å². The molecule has 1 aromatic rings. The first-order valence-electron chi connectivity index (χ1n) is 6.55. The van der Waals surface area contributed by atoms with E-state index in [4.69, 9.17) is 14.4 Å². The molecule has 0 aliphatic carbocycles. The molecule has 1 fully saturated rings. The summed E-state index contributed by atoms with van der Waals surface area (Å²) in [5, 5.41) is 9.08. The Morgan fingerprint density at radius 1 is 1.47 bits per heavy atom. The summed E-state index contributed by atoms with van der Waals surface area (Å²) >= 11 is 0. The molecule has 1 aliphatic heterocycles. The number of hydrogen-bond donors (Lipinski definition) is 0. The topological polar surface area (TPSA) is 79.4 Å². The molecule has 0 radical (unpaired) electrons. The van der Waals surface area contributed by atoms with Gasteiger partial charge in [-0.15, -0.1) is 0 Å². The van der Waals surface area contributed by atoms with Crippen LogP contribution in [-0.4, -0.2) is 30.6 Å². The van der Waals surface area contributed by atoms with Crippen molar-refractivity contribution in [3.05, 3.63) is 11.6 Å². The largest absolute Gasteiger partial charge is 0.466 e. The molecule has 0 aromatic carbocycles. The maximum absolute atomic E-state index is 11.4. The first-order chi connectivity index (χ1) is 9.24. The van der Waals surface area contributed by atoms with E-state index in [0.717, 1.165) is 25.9 Å². The molecule has 0 saturated carbocycles. The maximum atomic E-state index is 11.4. The lowest BCUT2D eigenvalue weighted by molar-refractivity contribution is -0.142. The number of anilines is 1. The van der Waals surface area contributed by atoms with Crippen LogP contribution in [0.2, 0.25) is 0 Å². The molecular formula is C13H17N3O3. The third-order valence-electron chi connectivity index (χ3n) is 3.00. The molecule has 0 N–H and O–H groups in total. The zero-order chi connectivity index (χ0) is 13.7. The van der Waals surface area contributed by atoms with Gasteiger partial charge in [-0.2, -0.15) is 10.2 Å². The number of piperidine rings is 1. The Bertz CT molecular complexity index is 484. The fourth-order valence-corrected chi connectivity index (χ4v) is 2.15. The lowest BCUT2D eigenvalue weighted by Crippen LogP contribution is -2.29. The summed E-state index contributed by atoms with van der Waals surface area (Å²) in [6.07, 6.45) is 3.33. The van der Waals surface area contributed by atoms with Gasteiger partial charge in [-0.3, -0.25) is 4.79 Å². The summed E-state index contributed by atoms with van der Waals surface area (Å²) in [6, 6.07) is 2.02. The van der Waals surface area contributed by atoms with Crippen LogP contribution in [0.3, 0.4) is 0 Å². The minimum absolute atomic E-state index is 0.0314. The van der Waals surface area contributed by atoms with Gasteiger partial charge >= 0.3 is 5.97 Å². The van der Waals surface area contributed by atoms with Crippen molar-refractivity contribution in [1.29, 1.82) is 5.26 Å². The number of hydrogen-bond acceptors (Lipinski definition) is 6. The third kappa shape index (κ3) is 3.25. The predicted octanol–water partition coefficient (Wildman–Crippen LogP) is 1.64. The van der Waals surface area contributed by atoms with E-state index in [1.54, 1.807) is 6.92 Å². The highest BCUT2D eigenvalue weighted by atomic mass is 16.5. The predicted molar refractivity (Wildman–Crippen MR) is 67.6 cm³/mol. The van der Waals surface area contributed by atoms with Crippen molar-refractivity contribution in [3.63, 3.8) is 0 Å². The van der Waals surface area contributed by atoms with Gasteiger partial charge in [0.05, 0.1) is 6.61 Å². The second kappa shape index (κ2) is 6.23. The molecule has 0 unspecified atom stereocenters. The van der Waals surface area contributed by atoms with Crippen LogP contribution in [0.1, 0.15) is 37.8 Å². The molecule has 1 aliphatic rings. The van der Waals surface area contributed by atoms with Crippen LogP contribution in [0.15, 0.2) is 4.42 Å². The van der Waals surface area contributed by atoms with E-state index >= 15 is 0 Å². The second-order valence-corrected chi connectivity index (χ2v) is 4.40. The highest BCUT2D eigenvalue weighted by Crippen LogP contribution is 2.25. The van der Waals surface area contributed by atoms with Gasteiger partial charge in [0.25, 0.3) is 0 Å². The molecule has 1 aromatic heterocycles. The average Bonchev–Trinajstić information content (AvgIpc) is 2.83. The Hall–Kier alpha value is -2.03. The molecule has 1 saturated heterocycles. The molecule has 6 heteroatoms. The lowest BCUT2D eigenvalue weighted by Gasteiger charge is -2.25. The van der Waals surface area contributed by atoms with Crippen LogP contribution in [-0.2, 0) is 16.0 Å². The van der Waals surface area contributed by atoms with Crippen molar-refractivity contribution < 1.29 is 13.9 Å². The molecule has 0 bridgehead atoms. The van der Waals surface area contributed by atoms with E-state index in [-0.39, 0.29) is 18.0 Å². The van der Waals surface area contributed by atoms with Crippen LogP contribution in [0.25, 0.3) is 0 Å². The summed E-state index contributed by atoms with van der Waals surface area (Å²) < 4.78 is 10.4. The van der Waals surface area contributed by atoms with Crippen molar-refractivity contribution in [1.82, 2.24) is 4.98 Å². The highest BCUT2D eigenvalue weighted by molar-refractivity contribution is 5.71. The number of carbonyl (C=O) groups is 1. The van der Waals surface area contributed by atoms with Gasteiger partial charge in [0.15, 0.2) is 0 Å². The summed E-state index contributed by atoms with van der Waals surface area (Å²) in [5.41, 5.74) is 0.251. The van der Waals surface area contributed by atoms with E-state index in [0.29, 0.717) is 12.5 Å². The van der Waals surface area contributed by atoms with Gasteiger partial charge in [0, 0.05) is 13.1 Å². The van der Waals surface area contributed by atoms with Gasteiger partial charge in [-0.1, -0.05) is 0 Å². The van der Waals surface area contributed by atoms with Crippen molar-refractivity contribution in [2.24, 2.45) is 0 Å². The van der Waals surface area contributed by atoms with Gasteiger partial charge in [-0.25, -0.2) is 0 Å². The fourth-order valence-electron chi connectivity index (χ4n) is 2.15. The monoisotopic (exact) mass is 263 g/mol. The van der Waals surface area contributed by atoms with Crippen molar-refractivity contribution >= 4 is 11.9 Å². The van der Waals surface area contributed by atoms with E-state index < -0.39 is 5.97 Å². The number of oxazole rings is 1. The zero-order valence-electron chi connectivity index (χ0n) is 11.0. The Morgan fingerprint density at radius 2 is 2.21 bits per heavy atom. The minimum Gasteiger partial charge on any atom is -0.466 e. The molecule has 102 valence electrons. The molecule has 0 amide bonds. The standard InChI is InChI=1S/C13H17N3O3/c1-2-18-12(17)8-11-15-10(9-14)13(19-11)16-6-4-3-5-7-16/h2-8H2,1H3. The van der Waals surface area contributed by atoms with Crippen LogP contribution in [0.4, 0.5) is 5.88 Å². The summed E-state index contributed by atoms with van der Waals surface area (Å²) in [6.45, 7) is 3.79. The average molecular weight is 263 g/mol. The van der Waals surface area contributed by atoms with Crippen LogP contribution in [0.5, 0.6) is 0 Å². The number of aromatic nitrogens is 1. The second-order valence-electron chi connectivity index (χ2n) is 4.40. The van der Waals surface area contributed by atoms with Crippen LogP contribution < -0.4 is 4.90 Å². The van der Waals surface area contributed by atoms with E-state index in [1.165, 1.54) is 6.42 Å². The number of ether oxygens (including phenoxy) is 1. The number of nitrogens with zero attached hydrogens (tertiary/aromatic N) is 3. The fraction of sp³-hybridized carbons (Fsp3) is 0.615. The Morgan fingerprint density at radius 3 is 2.84 bits per heavy atom. The first kappa shape index (κ1) is 13.4. The van der Waals surface area contributed by atoms with Crippen LogP contribution in [0, 0.1) is 11.3 Å². The molecule has 0 spiro atoms. The Balaban J connectivity index is 2.13. The Kier molecular flexibility index (Phi) is 4.39. The normalized spacial score (nSPS) is 15.1. The van der Waals surface area contributed by atoms with Crippen molar-refractivity contribution in [2.45, 2.75) is 32.6 Å². The maximum Gasteiger partial charge on any atom is 0.315 e. The van der Waals surface area contributed by atoms with Crippen molar-refractivity contribution in [2.75, 3.05) is 24.6 Å². The molecule has 6 nitrogen and oxygen atoms in total. The summed E-state index contributed by atoms with van der Waals surface area (Å²) in [7, 11) is 0. The molecule has 19 heavy (non-hydrogen) atoms. The zero-order valence-corrected chi connectivity index (χ0v) is 11.0. The van der Waals surface area contributed by atoms with Crippen molar-refractivity contribution in [3.8, 4) is 6.07 Å². The summed E-state index contributed by atoms with van der Waals surface area (Å²) in [4.78, 5) is 17.5. The third-order valence-corrected chi connectivity index (χ3v) is 3.00. The smallest absolute Gasteiger partial charge is 0.315 e. The summed E-state index contributed by atoms with van der Waals surface area (Å²) in [5.74, 6) is 0.343. The van der Waals surface area contributed by atoms with Gasteiger partial charge in [0.1, 0.15) is 12.5 Å². The molecule has 2 heterocycles. The SMILES string of the molecule is CCOC(=O)Cc1nc(C#N)c(N2CCCCC2)o1. The first-order valence-corrected chi connectivity index (χ1v) is 6.55. The van der Waals surface area contributed by atoms with E-state index in [9.17, 15) is 4.79 Å². The van der Waals surface area contributed by atoms with E-state index in [1.807, 2.05) is 11.0 Å². The number of nitriles is 1. The van der Waals surface area contributed by atoms with Gasteiger partial charge in [-0.05, 0) is 26.2 Å². The minimum atomic E-state index is -0.390. The molecule has 2 rings (SSSR count). The molecular weight excluding hydrogens is 246 g/mol. The Labute approximate surface area is 112 Å². The van der Waals surface area contributed by atoms with E-state index in [2.05, 4.69) is 4.98 Å². The number of rotatable bonds is 4. The molecule has 0 atom stereocenters. The highest BCUT2D eigenvalue weighted by Gasteiger charge is 2.22. The van der Waals surface area contributed by atoms with Gasteiger partial charge in [0.2, 0.25) is 17.5 Å². The number of carbonyl (C=O) groups excluding carboxylic acids is 1. The quantitative estimate of drug-likeness (QED) is 0.768. The lowest BCUT2D eigenvalue weighted by atomic mass is 10.1. The van der Waals surface area contributed by atoms with Crippen LogP contribution >= 0.6 is 0 Å².